The monoisotopic (exact) mass is 300 g/mol. The molecule has 2 nitrogen and oxygen atoms in total. The van der Waals surface area contributed by atoms with Gasteiger partial charge in [0, 0.05) is 24.8 Å². The van der Waals surface area contributed by atoms with Crippen molar-refractivity contribution in [2.45, 2.75) is 25.8 Å². The van der Waals surface area contributed by atoms with Crippen molar-refractivity contribution in [3.8, 4) is 0 Å². The summed E-state index contributed by atoms with van der Waals surface area (Å²) >= 11 is 3.26. The number of nitrogens with zero attached hydrogens (tertiary/aromatic N) is 1. The van der Waals surface area contributed by atoms with Crippen molar-refractivity contribution < 1.29 is 4.39 Å². The molecule has 0 unspecified atom stereocenters. The number of hydrogen-bond donors (Lipinski definition) is 1. The molecule has 1 aromatic rings. The Morgan fingerprint density at radius 1 is 1.35 bits per heavy atom. The molecule has 0 aromatic heterocycles. The van der Waals surface area contributed by atoms with Crippen LogP contribution in [0.2, 0.25) is 0 Å². The van der Waals surface area contributed by atoms with E-state index in [0.29, 0.717) is 10.5 Å². The fraction of sp³-hybridized carbons (Fsp3) is 0.538. The third-order valence-electron chi connectivity index (χ3n) is 3.48. The van der Waals surface area contributed by atoms with E-state index in [2.05, 4.69) is 26.1 Å². The van der Waals surface area contributed by atoms with Crippen LogP contribution in [0.15, 0.2) is 16.6 Å². The minimum Gasteiger partial charge on any atom is -0.371 e. The van der Waals surface area contributed by atoms with Gasteiger partial charge in [-0.25, -0.2) is 4.39 Å². The Balaban J connectivity index is 2.16. The number of piperidine rings is 1. The average molecular weight is 301 g/mol. The van der Waals surface area contributed by atoms with Crippen molar-refractivity contribution >= 4 is 21.6 Å². The fourth-order valence-electron chi connectivity index (χ4n) is 2.39. The summed E-state index contributed by atoms with van der Waals surface area (Å²) in [5, 5.41) is 3.32. The van der Waals surface area contributed by atoms with Crippen LogP contribution in [0.25, 0.3) is 0 Å². The van der Waals surface area contributed by atoms with E-state index >= 15 is 0 Å². The molecule has 0 spiro atoms. The predicted octanol–water partition coefficient (Wildman–Crippen LogP) is 3.08. The van der Waals surface area contributed by atoms with Gasteiger partial charge in [-0.05, 0) is 60.4 Å². The van der Waals surface area contributed by atoms with E-state index in [1.54, 1.807) is 6.07 Å². The van der Waals surface area contributed by atoms with Crippen LogP contribution in [0.5, 0.6) is 0 Å². The second kappa shape index (κ2) is 5.36. The standard InChI is InChI=1S/C13H18BrFN2/c1-9-7-12(15)11(14)8-13(9)17-5-3-10(16-2)4-6-17/h7-8,10,16H,3-6H2,1-2H3. The van der Waals surface area contributed by atoms with E-state index in [1.165, 1.54) is 0 Å². The quantitative estimate of drug-likeness (QED) is 0.903. The highest BCUT2D eigenvalue weighted by atomic mass is 79.9. The van der Waals surface area contributed by atoms with Gasteiger partial charge in [-0.15, -0.1) is 0 Å². The molecule has 1 fully saturated rings. The first-order valence-electron chi connectivity index (χ1n) is 5.99. The first-order valence-corrected chi connectivity index (χ1v) is 6.79. The van der Waals surface area contributed by atoms with Gasteiger partial charge in [-0.1, -0.05) is 0 Å². The lowest BCUT2D eigenvalue weighted by molar-refractivity contribution is 0.442. The fourth-order valence-corrected chi connectivity index (χ4v) is 2.72. The molecule has 17 heavy (non-hydrogen) atoms. The molecule has 2 rings (SSSR count). The zero-order valence-corrected chi connectivity index (χ0v) is 11.8. The smallest absolute Gasteiger partial charge is 0.137 e. The van der Waals surface area contributed by atoms with Gasteiger partial charge >= 0.3 is 0 Å². The first-order chi connectivity index (χ1) is 8.11. The van der Waals surface area contributed by atoms with Gasteiger partial charge < -0.3 is 10.2 Å². The number of halogens is 2. The van der Waals surface area contributed by atoms with Gasteiger partial charge in [0.25, 0.3) is 0 Å². The average Bonchev–Trinajstić information content (AvgIpc) is 2.34. The molecule has 1 saturated heterocycles. The van der Waals surface area contributed by atoms with E-state index in [0.717, 1.165) is 37.2 Å². The zero-order valence-electron chi connectivity index (χ0n) is 10.3. The summed E-state index contributed by atoms with van der Waals surface area (Å²) < 4.78 is 13.9. The molecular formula is C13H18BrFN2. The Morgan fingerprint density at radius 3 is 2.59 bits per heavy atom. The number of anilines is 1. The highest BCUT2D eigenvalue weighted by Gasteiger charge is 2.19. The molecule has 1 N–H and O–H groups in total. The van der Waals surface area contributed by atoms with Crippen molar-refractivity contribution in [1.29, 1.82) is 0 Å². The summed E-state index contributed by atoms with van der Waals surface area (Å²) in [6, 6.07) is 4.11. The molecule has 0 radical (unpaired) electrons. The van der Waals surface area contributed by atoms with Crippen molar-refractivity contribution in [3.05, 3.63) is 28.0 Å². The number of rotatable bonds is 2. The topological polar surface area (TPSA) is 15.3 Å². The lowest BCUT2D eigenvalue weighted by Gasteiger charge is -2.34. The van der Waals surface area contributed by atoms with Crippen LogP contribution >= 0.6 is 15.9 Å². The normalized spacial score (nSPS) is 17.5. The SMILES string of the molecule is CNC1CCN(c2cc(Br)c(F)cc2C)CC1. The Hall–Kier alpha value is -0.610. The van der Waals surface area contributed by atoms with Gasteiger partial charge in [0.1, 0.15) is 5.82 Å². The number of aryl methyl sites for hydroxylation is 1. The third-order valence-corrected chi connectivity index (χ3v) is 4.09. The molecule has 0 amide bonds. The lowest BCUT2D eigenvalue weighted by Crippen LogP contribution is -2.41. The Kier molecular flexibility index (Phi) is 4.05. The van der Waals surface area contributed by atoms with Crippen LogP contribution in [0.4, 0.5) is 10.1 Å². The minimum absolute atomic E-state index is 0.184. The molecule has 0 saturated carbocycles. The van der Waals surface area contributed by atoms with Crippen molar-refractivity contribution in [2.24, 2.45) is 0 Å². The lowest BCUT2D eigenvalue weighted by atomic mass is 10.0. The maximum Gasteiger partial charge on any atom is 0.137 e. The second-order valence-corrected chi connectivity index (χ2v) is 5.46. The summed E-state index contributed by atoms with van der Waals surface area (Å²) in [5.41, 5.74) is 2.15. The van der Waals surface area contributed by atoms with Crippen LogP contribution in [-0.4, -0.2) is 26.2 Å². The summed E-state index contributed by atoms with van der Waals surface area (Å²) in [6.07, 6.45) is 2.29. The highest BCUT2D eigenvalue weighted by molar-refractivity contribution is 9.10. The van der Waals surface area contributed by atoms with Gasteiger partial charge in [0.15, 0.2) is 0 Å². The largest absolute Gasteiger partial charge is 0.371 e. The molecule has 0 aliphatic carbocycles. The molecule has 0 atom stereocenters. The van der Waals surface area contributed by atoms with Crippen LogP contribution in [0.3, 0.4) is 0 Å². The van der Waals surface area contributed by atoms with E-state index in [4.69, 9.17) is 0 Å². The minimum atomic E-state index is -0.184. The first kappa shape index (κ1) is 12.8. The number of nitrogens with one attached hydrogen (secondary N) is 1. The second-order valence-electron chi connectivity index (χ2n) is 4.60. The van der Waals surface area contributed by atoms with Gasteiger partial charge in [0.05, 0.1) is 4.47 Å². The van der Waals surface area contributed by atoms with Crippen molar-refractivity contribution in [3.63, 3.8) is 0 Å². The molecule has 94 valence electrons. The zero-order chi connectivity index (χ0) is 12.4. The van der Waals surface area contributed by atoms with Crippen molar-refractivity contribution in [1.82, 2.24) is 5.32 Å². The van der Waals surface area contributed by atoms with E-state index < -0.39 is 0 Å². The van der Waals surface area contributed by atoms with E-state index in [1.807, 2.05) is 20.0 Å². The Morgan fingerprint density at radius 2 is 2.00 bits per heavy atom. The van der Waals surface area contributed by atoms with Crippen LogP contribution in [0.1, 0.15) is 18.4 Å². The number of hydrogen-bond acceptors (Lipinski definition) is 2. The van der Waals surface area contributed by atoms with E-state index in [9.17, 15) is 4.39 Å². The summed E-state index contributed by atoms with van der Waals surface area (Å²) in [5.74, 6) is -0.184. The van der Waals surface area contributed by atoms with Crippen LogP contribution < -0.4 is 10.2 Å². The summed E-state index contributed by atoms with van der Waals surface area (Å²) in [6.45, 7) is 4.03. The number of benzene rings is 1. The van der Waals surface area contributed by atoms with Gasteiger partial charge in [-0.3, -0.25) is 0 Å². The highest BCUT2D eigenvalue weighted by Crippen LogP contribution is 2.29. The molecule has 1 heterocycles. The Bertz CT molecular complexity index is 401. The summed E-state index contributed by atoms with van der Waals surface area (Å²) in [4.78, 5) is 2.34. The molecule has 4 heteroatoms. The summed E-state index contributed by atoms with van der Waals surface area (Å²) in [7, 11) is 2.01. The van der Waals surface area contributed by atoms with Crippen LogP contribution in [-0.2, 0) is 0 Å². The van der Waals surface area contributed by atoms with Gasteiger partial charge in [-0.2, -0.15) is 0 Å². The van der Waals surface area contributed by atoms with E-state index in [-0.39, 0.29) is 5.82 Å². The molecular weight excluding hydrogens is 283 g/mol. The molecule has 0 bridgehead atoms. The Labute approximate surface area is 110 Å². The maximum atomic E-state index is 13.4. The van der Waals surface area contributed by atoms with Crippen molar-refractivity contribution in [2.75, 3.05) is 25.0 Å². The molecule has 1 aliphatic heterocycles. The predicted molar refractivity (Wildman–Crippen MR) is 73.1 cm³/mol. The third kappa shape index (κ3) is 2.80. The molecule has 1 aromatic carbocycles. The maximum absolute atomic E-state index is 13.4. The van der Waals surface area contributed by atoms with Crippen LogP contribution in [0, 0.1) is 12.7 Å². The molecule has 1 aliphatic rings. The van der Waals surface area contributed by atoms with Gasteiger partial charge in [0.2, 0.25) is 0 Å².